The lowest BCUT2D eigenvalue weighted by Gasteiger charge is -2.30. The molecule has 0 saturated carbocycles. The highest BCUT2D eigenvalue weighted by atomic mass is 35.5. The SMILES string of the molecule is O=C(O)CN1C[C@@H]2COC[C@H](C1)N(C(=O)c1ccc(Cl)cc1F)C2. The van der Waals surface area contributed by atoms with Crippen LogP contribution in [0.4, 0.5) is 4.39 Å². The zero-order valence-electron chi connectivity index (χ0n) is 13.0. The summed E-state index contributed by atoms with van der Waals surface area (Å²) in [5, 5.41) is 9.25. The minimum atomic E-state index is -0.905. The van der Waals surface area contributed by atoms with Crippen molar-refractivity contribution in [2.75, 3.05) is 39.4 Å². The standard InChI is InChI=1S/C16H18ClFN2O4/c17-11-1-2-13(14(18)3-11)16(23)20-5-10-4-19(7-15(21)22)6-12(20)9-24-8-10/h1-3,10,12H,4-9H2,(H,21,22)/t10-,12-/m0/s1. The Morgan fingerprint density at radius 2 is 2.08 bits per heavy atom. The zero-order chi connectivity index (χ0) is 17.3. The van der Waals surface area contributed by atoms with Gasteiger partial charge < -0.3 is 14.7 Å². The molecule has 1 aromatic rings. The van der Waals surface area contributed by atoms with Crippen LogP contribution in [0.25, 0.3) is 0 Å². The van der Waals surface area contributed by atoms with Gasteiger partial charge in [0, 0.05) is 30.6 Å². The lowest BCUT2D eigenvalue weighted by molar-refractivity contribution is -0.138. The molecule has 2 saturated heterocycles. The third-order valence-electron chi connectivity index (χ3n) is 4.33. The number of carbonyl (C=O) groups is 2. The van der Waals surface area contributed by atoms with Crippen molar-refractivity contribution in [3.05, 3.63) is 34.6 Å². The molecule has 2 aliphatic rings. The smallest absolute Gasteiger partial charge is 0.317 e. The van der Waals surface area contributed by atoms with Gasteiger partial charge in [0.15, 0.2) is 0 Å². The summed E-state index contributed by atoms with van der Waals surface area (Å²) in [6, 6.07) is 3.67. The number of benzene rings is 1. The molecule has 2 atom stereocenters. The van der Waals surface area contributed by atoms with E-state index in [2.05, 4.69) is 0 Å². The summed E-state index contributed by atoms with van der Waals surface area (Å²) < 4.78 is 19.7. The Balaban J connectivity index is 1.84. The van der Waals surface area contributed by atoms with Crippen LogP contribution in [0.3, 0.4) is 0 Å². The Labute approximate surface area is 143 Å². The van der Waals surface area contributed by atoms with Crippen molar-refractivity contribution in [3.63, 3.8) is 0 Å². The Morgan fingerprint density at radius 1 is 1.29 bits per heavy atom. The highest BCUT2D eigenvalue weighted by molar-refractivity contribution is 6.30. The van der Waals surface area contributed by atoms with E-state index in [0.29, 0.717) is 32.8 Å². The molecule has 1 N–H and O–H groups in total. The first kappa shape index (κ1) is 17.1. The molecule has 8 heteroatoms. The van der Waals surface area contributed by atoms with Gasteiger partial charge in [-0.3, -0.25) is 14.5 Å². The van der Waals surface area contributed by atoms with E-state index in [1.54, 1.807) is 4.90 Å². The molecular weight excluding hydrogens is 339 g/mol. The highest BCUT2D eigenvalue weighted by Gasteiger charge is 2.37. The largest absolute Gasteiger partial charge is 0.480 e. The van der Waals surface area contributed by atoms with Crippen molar-refractivity contribution in [2.45, 2.75) is 6.04 Å². The van der Waals surface area contributed by atoms with Crippen molar-refractivity contribution >= 4 is 23.5 Å². The third kappa shape index (κ3) is 3.68. The predicted octanol–water partition coefficient (Wildman–Crippen LogP) is 1.34. The molecule has 0 unspecified atom stereocenters. The predicted molar refractivity (Wildman–Crippen MR) is 84.6 cm³/mol. The second-order valence-corrected chi connectivity index (χ2v) is 6.66. The second kappa shape index (κ2) is 7.04. The molecule has 0 radical (unpaired) electrons. The van der Waals surface area contributed by atoms with E-state index in [9.17, 15) is 14.0 Å². The fourth-order valence-electron chi connectivity index (χ4n) is 3.33. The minimum absolute atomic E-state index is 0.00355. The van der Waals surface area contributed by atoms with Gasteiger partial charge in [0.2, 0.25) is 0 Å². The number of halogens is 2. The molecule has 0 aliphatic carbocycles. The number of hydrogen-bond donors (Lipinski definition) is 1. The summed E-state index contributed by atoms with van der Waals surface area (Å²) in [5.41, 5.74) is -0.0308. The van der Waals surface area contributed by atoms with E-state index >= 15 is 0 Å². The lowest BCUT2D eigenvalue weighted by Crippen LogP contribution is -2.47. The van der Waals surface area contributed by atoms with Crippen molar-refractivity contribution < 1.29 is 23.8 Å². The summed E-state index contributed by atoms with van der Waals surface area (Å²) in [6.07, 6.45) is 0. The van der Waals surface area contributed by atoms with Crippen LogP contribution in [0.15, 0.2) is 18.2 Å². The number of carboxylic acids is 1. The van der Waals surface area contributed by atoms with Crippen LogP contribution >= 0.6 is 11.6 Å². The van der Waals surface area contributed by atoms with Gasteiger partial charge in [-0.25, -0.2) is 4.39 Å². The van der Waals surface area contributed by atoms with Crippen molar-refractivity contribution in [2.24, 2.45) is 5.92 Å². The molecule has 24 heavy (non-hydrogen) atoms. The molecule has 1 aromatic carbocycles. The van der Waals surface area contributed by atoms with Crippen LogP contribution in [0.2, 0.25) is 5.02 Å². The molecule has 2 heterocycles. The maximum atomic E-state index is 14.1. The molecule has 130 valence electrons. The molecule has 0 spiro atoms. The monoisotopic (exact) mass is 356 g/mol. The van der Waals surface area contributed by atoms with Gasteiger partial charge in [0.05, 0.1) is 31.4 Å². The maximum absolute atomic E-state index is 14.1. The van der Waals surface area contributed by atoms with E-state index in [-0.39, 0.29) is 29.1 Å². The molecule has 0 aromatic heterocycles. The van der Waals surface area contributed by atoms with Crippen LogP contribution in [0, 0.1) is 11.7 Å². The maximum Gasteiger partial charge on any atom is 0.317 e. The number of hydrogen-bond acceptors (Lipinski definition) is 4. The van der Waals surface area contributed by atoms with Crippen molar-refractivity contribution in [1.82, 2.24) is 9.80 Å². The second-order valence-electron chi connectivity index (χ2n) is 6.23. The first-order valence-corrected chi connectivity index (χ1v) is 8.09. The Bertz CT molecular complexity index is 657. The summed E-state index contributed by atoms with van der Waals surface area (Å²) in [7, 11) is 0. The number of fused-ring (bicyclic) bond motifs is 3. The molecular formula is C16H18ClFN2O4. The number of ether oxygens (including phenoxy) is 1. The number of amides is 1. The molecule has 2 bridgehead atoms. The Kier molecular flexibility index (Phi) is 5.03. The molecule has 1 amide bonds. The van der Waals surface area contributed by atoms with Crippen LogP contribution in [0.5, 0.6) is 0 Å². The lowest BCUT2D eigenvalue weighted by atomic mass is 10.1. The third-order valence-corrected chi connectivity index (χ3v) is 4.56. The van der Waals surface area contributed by atoms with Crippen LogP contribution in [0.1, 0.15) is 10.4 Å². The van der Waals surface area contributed by atoms with Gasteiger partial charge in [-0.15, -0.1) is 0 Å². The molecule has 2 fully saturated rings. The summed E-state index contributed by atoms with van der Waals surface area (Å²) in [5.74, 6) is -1.98. The van der Waals surface area contributed by atoms with Gasteiger partial charge in [-0.1, -0.05) is 11.6 Å². The van der Waals surface area contributed by atoms with Gasteiger partial charge in [0.25, 0.3) is 5.91 Å². The first-order valence-electron chi connectivity index (χ1n) is 7.72. The number of nitrogens with zero attached hydrogens (tertiary/aromatic N) is 2. The van der Waals surface area contributed by atoms with Gasteiger partial charge in [-0.05, 0) is 18.2 Å². The normalized spacial score (nSPS) is 24.5. The fraction of sp³-hybridized carbons (Fsp3) is 0.500. The van der Waals surface area contributed by atoms with E-state index in [1.165, 1.54) is 12.1 Å². The summed E-state index contributed by atoms with van der Waals surface area (Å²) >= 11 is 5.74. The number of aliphatic carboxylic acids is 1. The molecule has 2 aliphatic heterocycles. The van der Waals surface area contributed by atoms with E-state index in [4.69, 9.17) is 21.4 Å². The van der Waals surface area contributed by atoms with E-state index in [1.807, 2.05) is 4.90 Å². The van der Waals surface area contributed by atoms with Crippen molar-refractivity contribution in [1.29, 1.82) is 0 Å². The van der Waals surface area contributed by atoms with Gasteiger partial charge >= 0.3 is 5.97 Å². The van der Waals surface area contributed by atoms with Crippen molar-refractivity contribution in [3.8, 4) is 0 Å². The van der Waals surface area contributed by atoms with Gasteiger partial charge in [-0.2, -0.15) is 0 Å². The highest BCUT2D eigenvalue weighted by Crippen LogP contribution is 2.23. The number of carboxylic acid groups (broad SMARTS) is 1. The van der Waals surface area contributed by atoms with Gasteiger partial charge in [0.1, 0.15) is 5.82 Å². The quantitative estimate of drug-likeness (QED) is 0.885. The van der Waals surface area contributed by atoms with E-state index in [0.717, 1.165) is 6.07 Å². The van der Waals surface area contributed by atoms with Crippen LogP contribution in [-0.4, -0.2) is 72.2 Å². The number of rotatable bonds is 3. The van der Waals surface area contributed by atoms with E-state index < -0.39 is 17.7 Å². The first-order chi connectivity index (χ1) is 11.4. The average molecular weight is 357 g/mol. The van der Waals surface area contributed by atoms with Crippen LogP contribution in [-0.2, 0) is 9.53 Å². The average Bonchev–Trinajstić information content (AvgIpc) is 2.76. The topological polar surface area (TPSA) is 70.1 Å². The Morgan fingerprint density at radius 3 is 2.79 bits per heavy atom. The summed E-state index contributed by atoms with van der Waals surface area (Å²) in [6.45, 7) is 2.04. The minimum Gasteiger partial charge on any atom is -0.480 e. The fourth-order valence-corrected chi connectivity index (χ4v) is 3.49. The molecule has 3 rings (SSSR count). The zero-order valence-corrected chi connectivity index (χ0v) is 13.7. The number of carbonyl (C=O) groups excluding carboxylic acids is 1. The summed E-state index contributed by atoms with van der Waals surface area (Å²) in [4.78, 5) is 27.2. The van der Waals surface area contributed by atoms with Crippen LogP contribution < -0.4 is 0 Å². The molecule has 6 nitrogen and oxygen atoms in total. The Hall–Kier alpha value is -1.70.